The van der Waals surface area contributed by atoms with Crippen LogP contribution >= 0.6 is 0 Å². The Kier molecular flexibility index (Phi) is 6.96. The van der Waals surface area contributed by atoms with Crippen molar-refractivity contribution in [3.63, 3.8) is 0 Å². The van der Waals surface area contributed by atoms with E-state index in [0.29, 0.717) is 51.0 Å². The standard InChI is InChI=1S/C19H23FN4O4/c1-26-12-13-27-18-7-6-17(21-22-18)23-8-10-24(11-9-23)19(25)14-28-16-4-2-15(20)3-5-16/h2-7H,8-14H2,1H3. The molecule has 2 heterocycles. The number of rotatable bonds is 8. The molecule has 0 aliphatic carbocycles. The fraction of sp³-hybridized carbons (Fsp3) is 0.421. The fourth-order valence-corrected chi connectivity index (χ4v) is 2.74. The van der Waals surface area contributed by atoms with Crippen LogP contribution < -0.4 is 14.4 Å². The second kappa shape index (κ2) is 9.84. The second-order valence-electron chi connectivity index (χ2n) is 6.18. The summed E-state index contributed by atoms with van der Waals surface area (Å²) in [4.78, 5) is 16.1. The minimum Gasteiger partial charge on any atom is -0.484 e. The van der Waals surface area contributed by atoms with Gasteiger partial charge in [0, 0.05) is 39.4 Å². The number of aromatic nitrogens is 2. The first-order chi connectivity index (χ1) is 13.7. The van der Waals surface area contributed by atoms with E-state index in [9.17, 15) is 9.18 Å². The number of methoxy groups -OCH3 is 1. The van der Waals surface area contributed by atoms with Gasteiger partial charge in [-0.15, -0.1) is 10.2 Å². The van der Waals surface area contributed by atoms with Crippen molar-refractivity contribution in [1.82, 2.24) is 15.1 Å². The van der Waals surface area contributed by atoms with Crippen molar-refractivity contribution in [2.45, 2.75) is 0 Å². The lowest BCUT2D eigenvalue weighted by molar-refractivity contribution is -0.133. The lowest BCUT2D eigenvalue weighted by Crippen LogP contribution is -2.50. The molecule has 0 spiro atoms. The molecule has 0 saturated carbocycles. The van der Waals surface area contributed by atoms with E-state index in [1.165, 1.54) is 24.3 Å². The maximum atomic E-state index is 12.9. The summed E-state index contributed by atoms with van der Waals surface area (Å²) in [6.45, 7) is 3.29. The Balaban J connectivity index is 1.43. The molecule has 0 N–H and O–H groups in total. The molecule has 8 nitrogen and oxygen atoms in total. The van der Waals surface area contributed by atoms with E-state index >= 15 is 0 Å². The summed E-state index contributed by atoms with van der Waals surface area (Å²) in [5, 5.41) is 8.24. The molecule has 9 heteroatoms. The molecule has 150 valence electrons. The first-order valence-electron chi connectivity index (χ1n) is 9.02. The Bertz CT molecular complexity index is 750. The molecule has 1 amide bonds. The third kappa shape index (κ3) is 5.53. The Hall–Kier alpha value is -2.94. The van der Waals surface area contributed by atoms with E-state index in [2.05, 4.69) is 15.1 Å². The lowest BCUT2D eigenvalue weighted by Gasteiger charge is -2.35. The predicted molar refractivity (Wildman–Crippen MR) is 100 cm³/mol. The van der Waals surface area contributed by atoms with Crippen molar-refractivity contribution in [2.75, 3.05) is 58.0 Å². The summed E-state index contributed by atoms with van der Waals surface area (Å²) < 4.78 is 28.6. The summed E-state index contributed by atoms with van der Waals surface area (Å²) in [6.07, 6.45) is 0. The average molecular weight is 390 g/mol. The largest absolute Gasteiger partial charge is 0.484 e. The Labute approximate surface area is 162 Å². The molecule has 3 rings (SSSR count). The molecule has 0 bridgehead atoms. The van der Waals surface area contributed by atoms with Crippen molar-refractivity contribution >= 4 is 11.7 Å². The molecule has 28 heavy (non-hydrogen) atoms. The number of hydrogen-bond donors (Lipinski definition) is 0. The van der Waals surface area contributed by atoms with Gasteiger partial charge in [-0.3, -0.25) is 4.79 Å². The zero-order valence-electron chi connectivity index (χ0n) is 15.7. The van der Waals surface area contributed by atoms with Crippen molar-refractivity contribution in [2.24, 2.45) is 0 Å². The monoisotopic (exact) mass is 390 g/mol. The number of amides is 1. The molecule has 1 aliphatic rings. The van der Waals surface area contributed by atoms with Crippen LogP contribution in [0, 0.1) is 5.82 Å². The van der Waals surface area contributed by atoms with E-state index < -0.39 is 0 Å². The number of carbonyl (C=O) groups excluding carboxylic acids is 1. The lowest BCUT2D eigenvalue weighted by atomic mass is 10.3. The molecule has 1 aromatic heterocycles. The third-order valence-electron chi connectivity index (χ3n) is 4.30. The van der Waals surface area contributed by atoms with Crippen molar-refractivity contribution in [1.29, 1.82) is 0 Å². The zero-order chi connectivity index (χ0) is 19.8. The average Bonchev–Trinajstić information content (AvgIpc) is 2.74. The summed E-state index contributed by atoms with van der Waals surface area (Å²) in [5.74, 6) is 1.22. The summed E-state index contributed by atoms with van der Waals surface area (Å²) in [6, 6.07) is 9.22. The van der Waals surface area contributed by atoms with Gasteiger partial charge >= 0.3 is 0 Å². The predicted octanol–water partition coefficient (Wildman–Crippen LogP) is 1.37. The number of hydrogen-bond acceptors (Lipinski definition) is 7. The Morgan fingerprint density at radius 3 is 2.39 bits per heavy atom. The van der Waals surface area contributed by atoms with Crippen LogP contribution in [0.4, 0.5) is 10.2 Å². The van der Waals surface area contributed by atoms with Crippen LogP contribution in [0.2, 0.25) is 0 Å². The molecule has 0 unspecified atom stereocenters. The highest BCUT2D eigenvalue weighted by Crippen LogP contribution is 2.16. The highest BCUT2D eigenvalue weighted by molar-refractivity contribution is 5.78. The van der Waals surface area contributed by atoms with Gasteiger partial charge in [0.25, 0.3) is 5.91 Å². The van der Waals surface area contributed by atoms with Crippen LogP contribution in [-0.2, 0) is 9.53 Å². The number of piperazine rings is 1. The van der Waals surface area contributed by atoms with Gasteiger partial charge in [-0.05, 0) is 30.3 Å². The smallest absolute Gasteiger partial charge is 0.260 e. The second-order valence-corrected chi connectivity index (χ2v) is 6.18. The molecule has 1 fully saturated rings. The van der Waals surface area contributed by atoms with Gasteiger partial charge in [-0.25, -0.2) is 4.39 Å². The van der Waals surface area contributed by atoms with Gasteiger partial charge in [0.05, 0.1) is 6.61 Å². The topological polar surface area (TPSA) is 77.0 Å². The number of ether oxygens (including phenoxy) is 3. The minimum absolute atomic E-state index is 0.0705. The number of anilines is 1. The Morgan fingerprint density at radius 1 is 1.00 bits per heavy atom. The molecule has 1 saturated heterocycles. The molecule has 1 aromatic carbocycles. The molecular formula is C19H23FN4O4. The van der Waals surface area contributed by atoms with Crippen LogP contribution in [0.3, 0.4) is 0 Å². The van der Waals surface area contributed by atoms with Gasteiger partial charge in [0.1, 0.15) is 18.2 Å². The van der Waals surface area contributed by atoms with Crippen LogP contribution in [0.1, 0.15) is 0 Å². The fourth-order valence-electron chi connectivity index (χ4n) is 2.74. The minimum atomic E-state index is -0.340. The third-order valence-corrected chi connectivity index (χ3v) is 4.30. The van der Waals surface area contributed by atoms with Crippen molar-refractivity contribution in [3.05, 3.63) is 42.2 Å². The van der Waals surface area contributed by atoms with Gasteiger partial charge in [-0.1, -0.05) is 0 Å². The van der Waals surface area contributed by atoms with Gasteiger partial charge in [0.15, 0.2) is 12.4 Å². The van der Waals surface area contributed by atoms with Gasteiger partial charge in [0.2, 0.25) is 5.88 Å². The van der Waals surface area contributed by atoms with E-state index in [4.69, 9.17) is 14.2 Å². The van der Waals surface area contributed by atoms with Crippen LogP contribution in [0.15, 0.2) is 36.4 Å². The van der Waals surface area contributed by atoms with Crippen LogP contribution in [0.25, 0.3) is 0 Å². The van der Waals surface area contributed by atoms with Gasteiger partial charge in [-0.2, -0.15) is 0 Å². The molecule has 1 aliphatic heterocycles. The highest BCUT2D eigenvalue weighted by Gasteiger charge is 2.22. The van der Waals surface area contributed by atoms with E-state index in [1.807, 2.05) is 6.07 Å². The molecular weight excluding hydrogens is 367 g/mol. The maximum absolute atomic E-state index is 12.9. The van der Waals surface area contributed by atoms with Crippen LogP contribution in [-0.4, -0.2) is 74.1 Å². The zero-order valence-corrected chi connectivity index (χ0v) is 15.7. The number of carbonyl (C=O) groups is 1. The summed E-state index contributed by atoms with van der Waals surface area (Å²) in [7, 11) is 1.61. The number of nitrogens with zero attached hydrogens (tertiary/aromatic N) is 4. The molecule has 0 radical (unpaired) electrons. The van der Waals surface area contributed by atoms with E-state index in [-0.39, 0.29) is 18.3 Å². The normalized spacial score (nSPS) is 14.1. The van der Waals surface area contributed by atoms with E-state index in [1.54, 1.807) is 18.1 Å². The maximum Gasteiger partial charge on any atom is 0.260 e. The first-order valence-corrected chi connectivity index (χ1v) is 9.02. The number of halogens is 1. The summed E-state index contributed by atoms with van der Waals surface area (Å²) >= 11 is 0. The SMILES string of the molecule is COCCOc1ccc(N2CCN(C(=O)COc3ccc(F)cc3)CC2)nn1. The highest BCUT2D eigenvalue weighted by atomic mass is 19.1. The van der Waals surface area contributed by atoms with Crippen molar-refractivity contribution < 1.29 is 23.4 Å². The van der Waals surface area contributed by atoms with Crippen LogP contribution in [0.5, 0.6) is 11.6 Å². The molecule has 2 aromatic rings. The Morgan fingerprint density at radius 2 is 1.75 bits per heavy atom. The first kappa shape index (κ1) is 19.8. The quantitative estimate of drug-likeness (QED) is 0.630. The summed E-state index contributed by atoms with van der Waals surface area (Å²) in [5.41, 5.74) is 0. The number of benzene rings is 1. The van der Waals surface area contributed by atoms with E-state index in [0.717, 1.165) is 5.82 Å². The molecule has 0 atom stereocenters. The van der Waals surface area contributed by atoms with Crippen molar-refractivity contribution in [3.8, 4) is 11.6 Å². The van der Waals surface area contributed by atoms with Gasteiger partial charge < -0.3 is 24.0 Å².